The molecule has 9 heteroatoms. The van der Waals surface area contributed by atoms with Gasteiger partial charge in [0, 0.05) is 57.3 Å². The lowest BCUT2D eigenvalue weighted by Gasteiger charge is -2.20. The first-order valence-corrected chi connectivity index (χ1v) is 12.9. The number of rotatable bonds is 7. The molecule has 0 radical (unpaired) electrons. The lowest BCUT2D eigenvalue weighted by molar-refractivity contribution is 0.0827. The van der Waals surface area contributed by atoms with Crippen LogP contribution in [0.5, 0.6) is 11.5 Å². The minimum atomic E-state index is -0.174. The van der Waals surface area contributed by atoms with Gasteiger partial charge in [-0.1, -0.05) is 6.07 Å². The maximum Gasteiger partial charge on any atom is 0.255 e. The number of ether oxygens (including phenoxy) is 2. The van der Waals surface area contributed by atoms with Gasteiger partial charge in [0.2, 0.25) is 0 Å². The molecule has 3 aromatic heterocycles. The lowest BCUT2D eigenvalue weighted by atomic mass is 10.0. The van der Waals surface area contributed by atoms with Gasteiger partial charge in [0.1, 0.15) is 34.9 Å². The zero-order valence-corrected chi connectivity index (χ0v) is 22.8. The maximum absolute atomic E-state index is 12.4. The summed E-state index contributed by atoms with van der Waals surface area (Å²) < 4.78 is 18.0. The molecule has 1 atom stereocenters. The lowest BCUT2D eigenvalue weighted by Crippen LogP contribution is -2.30. The van der Waals surface area contributed by atoms with Gasteiger partial charge in [0.15, 0.2) is 11.3 Å². The molecule has 0 bridgehead atoms. The van der Waals surface area contributed by atoms with Gasteiger partial charge in [-0.15, -0.1) is 0 Å². The van der Waals surface area contributed by atoms with E-state index in [1.807, 2.05) is 24.3 Å². The molecule has 200 valence electrons. The number of pyridine rings is 2. The van der Waals surface area contributed by atoms with Gasteiger partial charge in [-0.25, -0.2) is 4.98 Å². The van der Waals surface area contributed by atoms with Crippen molar-refractivity contribution < 1.29 is 18.7 Å². The normalized spacial score (nSPS) is 15.5. The fourth-order valence-electron chi connectivity index (χ4n) is 4.83. The molecule has 39 heavy (non-hydrogen) atoms. The molecule has 1 aliphatic heterocycles. The molecule has 1 amide bonds. The Bertz CT molecular complexity index is 1570. The number of aromatic nitrogens is 2. The van der Waals surface area contributed by atoms with Crippen LogP contribution in [-0.4, -0.2) is 72.1 Å². The second-order valence-electron chi connectivity index (χ2n) is 10.1. The first-order valence-electron chi connectivity index (χ1n) is 12.9. The highest BCUT2D eigenvalue weighted by atomic mass is 16.5. The minimum Gasteiger partial charge on any atom is -0.494 e. The molecule has 0 aliphatic carbocycles. The summed E-state index contributed by atoms with van der Waals surface area (Å²) in [7, 11) is 4.89. The van der Waals surface area contributed by atoms with E-state index in [0.717, 1.165) is 30.6 Å². The van der Waals surface area contributed by atoms with Crippen molar-refractivity contribution in [2.45, 2.75) is 32.4 Å². The Morgan fingerprint density at radius 2 is 2.00 bits per heavy atom. The third-order valence-corrected chi connectivity index (χ3v) is 6.98. The Morgan fingerprint density at radius 1 is 1.18 bits per heavy atom. The molecule has 9 nitrogen and oxygen atoms in total. The molecular weight excluding hydrogens is 494 g/mol. The molecule has 0 spiro atoms. The summed E-state index contributed by atoms with van der Waals surface area (Å²) >= 11 is 0. The number of carbonyl (C=O) groups excluding carboxylic acids is 1. The molecule has 1 aliphatic rings. The van der Waals surface area contributed by atoms with E-state index < -0.39 is 0 Å². The smallest absolute Gasteiger partial charge is 0.255 e. The molecule has 1 fully saturated rings. The van der Waals surface area contributed by atoms with Crippen LogP contribution in [0.1, 0.15) is 36.2 Å². The summed E-state index contributed by atoms with van der Waals surface area (Å²) in [5.41, 5.74) is 4.15. The van der Waals surface area contributed by atoms with E-state index in [2.05, 4.69) is 34.8 Å². The molecule has 0 saturated carbocycles. The number of nitriles is 1. The van der Waals surface area contributed by atoms with Crippen molar-refractivity contribution in [2.75, 3.05) is 34.3 Å². The highest BCUT2D eigenvalue weighted by Gasteiger charge is 2.26. The monoisotopic (exact) mass is 525 g/mol. The number of likely N-dealkylation sites (tertiary alicyclic amines) is 1. The molecule has 4 heterocycles. The number of hydrogen-bond acceptors (Lipinski definition) is 8. The van der Waals surface area contributed by atoms with Gasteiger partial charge in [-0.05, 0) is 50.1 Å². The topological polar surface area (TPSA) is 105 Å². The third kappa shape index (κ3) is 5.16. The minimum absolute atomic E-state index is 0.0625. The SMILES string of the molecule is COc1cc(C(=O)N(C)C)cnc1-c1cc2nccc(-c3ccc(OC4CCN(C(C)C)C4)c(C#N)c3)c2o1. The quantitative estimate of drug-likeness (QED) is 0.332. The van der Waals surface area contributed by atoms with Gasteiger partial charge in [-0.3, -0.25) is 14.7 Å². The summed E-state index contributed by atoms with van der Waals surface area (Å²) in [4.78, 5) is 25.2. The van der Waals surface area contributed by atoms with E-state index in [9.17, 15) is 10.1 Å². The molecular formula is C30H31N5O4. The van der Waals surface area contributed by atoms with Crippen LogP contribution in [0.3, 0.4) is 0 Å². The van der Waals surface area contributed by atoms with E-state index in [1.54, 1.807) is 32.4 Å². The Balaban J connectivity index is 1.47. The second kappa shape index (κ2) is 10.8. The summed E-state index contributed by atoms with van der Waals surface area (Å²) in [5, 5.41) is 9.90. The van der Waals surface area contributed by atoms with Gasteiger partial charge in [0.25, 0.3) is 5.91 Å². The molecule has 1 saturated heterocycles. The zero-order valence-electron chi connectivity index (χ0n) is 22.8. The Morgan fingerprint density at radius 3 is 2.69 bits per heavy atom. The van der Waals surface area contributed by atoms with Gasteiger partial charge < -0.3 is 18.8 Å². The Kier molecular flexibility index (Phi) is 7.22. The van der Waals surface area contributed by atoms with E-state index in [0.29, 0.717) is 51.2 Å². The van der Waals surface area contributed by atoms with Crippen LogP contribution >= 0.6 is 0 Å². The van der Waals surface area contributed by atoms with Crippen molar-refractivity contribution in [3.05, 3.63) is 59.9 Å². The van der Waals surface area contributed by atoms with Crippen molar-refractivity contribution in [3.63, 3.8) is 0 Å². The molecule has 5 rings (SSSR count). The number of carbonyl (C=O) groups is 1. The average molecular weight is 526 g/mol. The van der Waals surface area contributed by atoms with Crippen LogP contribution in [0, 0.1) is 11.3 Å². The highest BCUT2D eigenvalue weighted by molar-refractivity contribution is 5.95. The Hall–Kier alpha value is -4.42. The van der Waals surface area contributed by atoms with Crippen molar-refractivity contribution in [3.8, 4) is 40.1 Å². The number of methoxy groups -OCH3 is 1. The third-order valence-electron chi connectivity index (χ3n) is 6.98. The van der Waals surface area contributed by atoms with Crippen molar-refractivity contribution in [2.24, 2.45) is 0 Å². The first kappa shape index (κ1) is 26.2. The van der Waals surface area contributed by atoms with E-state index in [1.165, 1.54) is 18.2 Å². The van der Waals surface area contributed by atoms with Crippen molar-refractivity contribution in [1.82, 2.24) is 19.8 Å². The van der Waals surface area contributed by atoms with Crippen LogP contribution in [0.15, 0.2) is 53.2 Å². The molecule has 4 aromatic rings. The predicted octanol–water partition coefficient (Wildman–Crippen LogP) is 5.00. The van der Waals surface area contributed by atoms with E-state index >= 15 is 0 Å². The van der Waals surface area contributed by atoms with E-state index in [-0.39, 0.29) is 12.0 Å². The number of hydrogen-bond donors (Lipinski definition) is 0. The highest BCUT2D eigenvalue weighted by Crippen LogP contribution is 2.37. The Labute approximate surface area is 227 Å². The fourth-order valence-corrected chi connectivity index (χ4v) is 4.83. The summed E-state index contributed by atoms with van der Waals surface area (Å²) in [6, 6.07) is 13.7. The second-order valence-corrected chi connectivity index (χ2v) is 10.1. The van der Waals surface area contributed by atoms with Crippen LogP contribution in [0.25, 0.3) is 33.7 Å². The summed E-state index contributed by atoms with van der Waals surface area (Å²) in [6.45, 7) is 6.21. The molecule has 0 N–H and O–H groups in total. The van der Waals surface area contributed by atoms with E-state index in [4.69, 9.17) is 13.9 Å². The van der Waals surface area contributed by atoms with Crippen molar-refractivity contribution >= 4 is 17.0 Å². The van der Waals surface area contributed by atoms with Crippen molar-refractivity contribution in [1.29, 1.82) is 5.26 Å². The van der Waals surface area contributed by atoms with Gasteiger partial charge >= 0.3 is 0 Å². The first-order chi connectivity index (χ1) is 18.8. The molecule has 1 unspecified atom stereocenters. The molecule has 1 aromatic carbocycles. The largest absolute Gasteiger partial charge is 0.494 e. The number of fused-ring (bicyclic) bond motifs is 1. The fraction of sp³-hybridized carbons (Fsp3) is 0.333. The zero-order chi connectivity index (χ0) is 27.7. The number of nitrogens with zero attached hydrogens (tertiary/aromatic N) is 5. The number of furan rings is 1. The van der Waals surface area contributed by atoms with Gasteiger partial charge in [0.05, 0.1) is 18.2 Å². The summed E-state index contributed by atoms with van der Waals surface area (Å²) in [6.07, 6.45) is 4.21. The van der Waals surface area contributed by atoms with Crippen LogP contribution in [-0.2, 0) is 0 Å². The van der Waals surface area contributed by atoms with Gasteiger partial charge in [-0.2, -0.15) is 5.26 Å². The maximum atomic E-state index is 12.4. The van der Waals surface area contributed by atoms with Crippen LogP contribution in [0.2, 0.25) is 0 Å². The summed E-state index contributed by atoms with van der Waals surface area (Å²) in [5.74, 6) is 1.29. The van der Waals surface area contributed by atoms with Crippen LogP contribution in [0.4, 0.5) is 0 Å². The average Bonchev–Trinajstić information content (AvgIpc) is 3.60. The number of amides is 1. The standard InChI is InChI=1S/C30H31N5O4/c1-18(2)35-11-9-22(17-35)38-25-7-6-19(12-20(25)15-31)23-8-10-32-24-14-27(39-29(23)24)28-26(37-5)13-21(16-33-28)30(36)34(3)4/h6-8,10,12-14,16,18,22H,9,11,17H2,1-5H3. The van der Waals surface area contributed by atoms with Crippen LogP contribution < -0.4 is 9.47 Å². The predicted molar refractivity (Wildman–Crippen MR) is 148 cm³/mol. The number of benzene rings is 1.